The van der Waals surface area contributed by atoms with Gasteiger partial charge in [-0.1, -0.05) is 30.3 Å². The number of fused-ring (bicyclic) bond motifs is 2. The quantitative estimate of drug-likeness (QED) is 0.545. The van der Waals surface area contributed by atoms with Crippen LogP contribution in [0.2, 0.25) is 0 Å². The number of benzene rings is 2. The Morgan fingerprint density at radius 2 is 1.83 bits per heavy atom. The van der Waals surface area contributed by atoms with E-state index in [2.05, 4.69) is 4.98 Å². The van der Waals surface area contributed by atoms with Gasteiger partial charge in [0.25, 0.3) is 5.56 Å². The summed E-state index contributed by atoms with van der Waals surface area (Å²) in [5.74, 6) is -0.513. The molecule has 0 fully saturated rings. The first-order chi connectivity index (χ1) is 11.1. The summed E-state index contributed by atoms with van der Waals surface area (Å²) in [4.78, 5) is 28.2. The van der Waals surface area contributed by atoms with Crippen molar-refractivity contribution in [2.24, 2.45) is 0 Å². The first-order valence-electron chi connectivity index (χ1n) is 6.92. The van der Waals surface area contributed by atoms with Gasteiger partial charge in [-0.2, -0.15) is 0 Å². The molecule has 1 N–H and O–H groups in total. The average Bonchev–Trinajstić information content (AvgIpc) is 2.99. The summed E-state index contributed by atoms with van der Waals surface area (Å²) in [7, 11) is 0. The zero-order chi connectivity index (χ0) is 16.0. The van der Waals surface area contributed by atoms with Crippen molar-refractivity contribution >= 4 is 40.0 Å². The second kappa shape index (κ2) is 5.03. The first-order valence-corrected chi connectivity index (χ1v) is 7.33. The van der Waals surface area contributed by atoms with E-state index in [1.807, 2.05) is 18.2 Å². The van der Waals surface area contributed by atoms with Gasteiger partial charge in [0.15, 0.2) is 10.5 Å². The van der Waals surface area contributed by atoms with Crippen LogP contribution in [0.5, 0.6) is 0 Å². The molecule has 0 spiro atoms. The molecular formula is C17H10N2O3S. The Kier molecular flexibility index (Phi) is 2.99. The zero-order valence-electron chi connectivity index (χ0n) is 11.8. The lowest BCUT2D eigenvalue weighted by Crippen LogP contribution is -2.28. The molecule has 2 heterocycles. The van der Waals surface area contributed by atoms with Gasteiger partial charge < -0.3 is 9.40 Å². The first kappa shape index (κ1) is 13.7. The molecule has 2 aromatic carbocycles. The molecule has 6 heteroatoms. The topological polar surface area (TPSA) is 68.0 Å². The lowest BCUT2D eigenvalue weighted by atomic mass is 10.2. The second-order valence-electron chi connectivity index (χ2n) is 5.07. The Hall–Kier alpha value is -2.99. The van der Waals surface area contributed by atoms with Gasteiger partial charge in [0.05, 0.1) is 10.9 Å². The summed E-state index contributed by atoms with van der Waals surface area (Å²) < 4.78 is 6.50. The van der Waals surface area contributed by atoms with Crippen LogP contribution in [-0.2, 0) is 0 Å². The number of para-hydroxylation sites is 2. The van der Waals surface area contributed by atoms with Gasteiger partial charge in [-0.15, -0.1) is 0 Å². The van der Waals surface area contributed by atoms with E-state index in [4.69, 9.17) is 16.6 Å². The van der Waals surface area contributed by atoms with Crippen LogP contribution in [0, 0.1) is 4.77 Å². The number of hydrogen-bond donors (Lipinski definition) is 1. The molecule has 112 valence electrons. The summed E-state index contributed by atoms with van der Waals surface area (Å²) in [6, 6.07) is 15.8. The molecule has 0 aliphatic rings. The van der Waals surface area contributed by atoms with E-state index in [0.29, 0.717) is 16.5 Å². The molecular weight excluding hydrogens is 312 g/mol. The maximum Gasteiger partial charge on any atom is 0.302 e. The summed E-state index contributed by atoms with van der Waals surface area (Å²) >= 11 is 5.17. The lowest BCUT2D eigenvalue weighted by Gasteiger charge is -2.04. The standard InChI is InChI=1S/C17H10N2O3S/c20-15-11-6-2-3-7-12(11)18-17(23)19(15)16(21)14-9-10-5-1-4-8-13(10)22-14/h1-9H,(H,18,23). The molecule has 5 nitrogen and oxygen atoms in total. The summed E-state index contributed by atoms with van der Waals surface area (Å²) in [6.07, 6.45) is 0. The lowest BCUT2D eigenvalue weighted by molar-refractivity contribution is 0.0928. The number of aromatic nitrogens is 2. The number of nitrogens with zero attached hydrogens (tertiary/aromatic N) is 1. The van der Waals surface area contributed by atoms with Crippen molar-refractivity contribution in [3.8, 4) is 0 Å². The molecule has 0 aliphatic heterocycles. The predicted molar refractivity (Wildman–Crippen MR) is 89.3 cm³/mol. The summed E-state index contributed by atoms with van der Waals surface area (Å²) in [6.45, 7) is 0. The number of nitrogens with one attached hydrogen (secondary N) is 1. The molecule has 23 heavy (non-hydrogen) atoms. The molecule has 0 saturated carbocycles. The van der Waals surface area contributed by atoms with Crippen LogP contribution >= 0.6 is 12.2 Å². The predicted octanol–water partition coefficient (Wildman–Crippen LogP) is 3.49. The van der Waals surface area contributed by atoms with Crippen molar-refractivity contribution in [2.75, 3.05) is 0 Å². The van der Waals surface area contributed by atoms with Crippen LogP contribution in [0.1, 0.15) is 10.6 Å². The Balaban J connectivity index is 1.96. The fourth-order valence-corrected chi connectivity index (χ4v) is 2.82. The number of H-pyrrole nitrogens is 1. The second-order valence-corrected chi connectivity index (χ2v) is 5.46. The van der Waals surface area contributed by atoms with E-state index in [-0.39, 0.29) is 10.5 Å². The Morgan fingerprint density at radius 1 is 1.09 bits per heavy atom. The highest BCUT2D eigenvalue weighted by Crippen LogP contribution is 2.19. The van der Waals surface area contributed by atoms with E-state index < -0.39 is 11.5 Å². The maximum atomic E-state index is 12.7. The highest BCUT2D eigenvalue weighted by molar-refractivity contribution is 7.71. The van der Waals surface area contributed by atoms with Crippen molar-refractivity contribution in [2.45, 2.75) is 0 Å². The molecule has 0 bridgehead atoms. The maximum absolute atomic E-state index is 12.7. The van der Waals surface area contributed by atoms with E-state index >= 15 is 0 Å². The van der Waals surface area contributed by atoms with Crippen molar-refractivity contribution < 1.29 is 9.21 Å². The molecule has 4 rings (SSSR count). The van der Waals surface area contributed by atoms with Crippen molar-refractivity contribution in [1.29, 1.82) is 0 Å². The molecule has 0 radical (unpaired) electrons. The van der Waals surface area contributed by atoms with Gasteiger partial charge >= 0.3 is 5.91 Å². The van der Waals surface area contributed by atoms with Gasteiger partial charge in [0.1, 0.15) is 5.58 Å². The molecule has 0 aliphatic carbocycles. The van der Waals surface area contributed by atoms with Gasteiger partial charge in [0.2, 0.25) is 0 Å². The summed E-state index contributed by atoms with van der Waals surface area (Å²) in [5.41, 5.74) is 0.713. The van der Waals surface area contributed by atoms with E-state index in [1.54, 1.807) is 36.4 Å². The Labute approximate surface area is 134 Å². The fourth-order valence-electron chi connectivity index (χ4n) is 2.54. The Morgan fingerprint density at radius 3 is 2.65 bits per heavy atom. The minimum absolute atomic E-state index is 0.0409. The molecule has 0 atom stereocenters. The van der Waals surface area contributed by atoms with E-state index in [9.17, 15) is 9.59 Å². The third kappa shape index (κ3) is 2.11. The Bertz CT molecular complexity index is 1150. The smallest absolute Gasteiger partial charge is 0.302 e. The third-order valence-electron chi connectivity index (χ3n) is 3.64. The zero-order valence-corrected chi connectivity index (χ0v) is 12.6. The van der Waals surface area contributed by atoms with Crippen LogP contribution in [0.4, 0.5) is 0 Å². The molecule has 0 saturated heterocycles. The van der Waals surface area contributed by atoms with Gasteiger partial charge in [0, 0.05) is 5.39 Å². The number of carbonyl (C=O) groups excluding carboxylic acids is 1. The van der Waals surface area contributed by atoms with E-state index in [1.165, 1.54) is 0 Å². The van der Waals surface area contributed by atoms with Crippen molar-refractivity contribution in [1.82, 2.24) is 9.55 Å². The van der Waals surface area contributed by atoms with Crippen LogP contribution in [0.25, 0.3) is 21.9 Å². The largest absolute Gasteiger partial charge is 0.451 e. The number of furan rings is 1. The molecule has 0 amide bonds. The van der Waals surface area contributed by atoms with Crippen molar-refractivity contribution in [3.63, 3.8) is 0 Å². The highest BCUT2D eigenvalue weighted by Gasteiger charge is 2.18. The number of rotatable bonds is 1. The number of hydrogen-bond acceptors (Lipinski definition) is 4. The third-order valence-corrected chi connectivity index (χ3v) is 3.93. The SMILES string of the molecule is O=C(c1cc2ccccc2o1)n1c(=S)[nH]c2ccccc2c1=O. The van der Waals surface area contributed by atoms with E-state index in [0.717, 1.165) is 9.95 Å². The molecule has 2 aromatic heterocycles. The minimum atomic E-state index is -0.585. The van der Waals surface area contributed by atoms with Gasteiger partial charge in [-0.25, -0.2) is 4.57 Å². The fraction of sp³-hybridized carbons (Fsp3) is 0. The molecule has 0 unspecified atom stereocenters. The van der Waals surface area contributed by atoms with Gasteiger partial charge in [-0.05, 0) is 36.5 Å². The summed E-state index contributed by atoms with van der Waals surface area (Å²) in [5, 5.41) is 1.19. The van der Waals surface area contributed by atoms with Crippen LogP contribution < -0.4 is 5.56 Å². The number of aromatic amines is 1. The van der Waals surface area contributed by atoms with Crippen molar-refractivity contribution in [3.05, 3.63) is 75.5 Å². The average molecular weight is 322 g/mol. The minimum Gasteiger partial charge on any atom is -0.451 e. The normalized spacial score (nSPS) is 11.1. The van der Waals surface area contributed by atoms with Crippen LogP contribution in [-0.4, -0.2) is 15.5 Å². The van der Waals surface area contributed by atoms with Crippen LogP contribution in [0.3, 0.4) is 0 Å². The molecule has 4 aromatic rings. The van der Waals surface area contributed by atoms with Gasteiger partial charge in [-0.3, -0.25) is 9.59 Å². The monoisotopic (exact) mass is 322 g/mol. The number of carbonyl (C=O) groups is 1. The highest BCUT2D eigenvalue weighted by atomic mass is 32.1. The van der Waals surface area contributed by atoms with Crippen LogP contribution in [0.15, 0.2) is 63.8 Å².